The fraction of sp³-hybridized carbons (Fsp3) is 0.133. The van der Waals surface area contributed by atoms with Crippen LogP contribution >= 0.6 is 0 Å². The third-order valence-corrected chi connectivity index (χ3v) is 3.19. The van der Waals surface area contributed by atoms with Crippen molar-refractivity contribution in [2.24, 2.45) is 0 Å². The Hall–Kier alpha value is -2.69. The Balaban J connectivity index is 2.18. The molecule has 0 amide bonds. The lowest BCUT2D eigenvalue weighted by molar-refractivity contribution is 0.444. The first-order chi connectivity index (χ1) is 9.69. The van der Waals surface area contributed by atoms with Gasteiger partial charge >= 0.3 is 0 Å². The number of hydrogen-bond acceptors (Lipinski definition) is 4. The summed E-state index contributed by atoms with van der Waals surface area (Å²) in [6.07, 6.45) is 0.430. The van der Waals surface area contributed by atoms with Gasteiger partial charge < -0.3 is 10.1 Å². The van der Waals surface area contributed by atoms with Crippen molar-refractivity contribution in [3.63, 3.8) is 0 Å². The lowest BCUT2D eigenvalue weighted by atomic mass is 10.2. The van der Waals surface area contributed by atoms with Gasteiger partial charge in [-0.25, -0.2) is 4.98 Å². The number of aromatic nitrogens is 3. The highest BCUT2D eigenvalue weighted by molar-refractivity contribution is 5.80. The second-order valence-electron chi connectivity index (χ2n) is 4.46. The molecule has 0 aliphatic rings. The fourth-order valence-electron chi connectivity index (χ4n) is 2.12. The van der Waals surface area contributed by atoms with E-state index in [-0.39, 0.29) is 22.8 Å². The molecule has 0 fully saturated rings. The highest BCUT2D eigenvalue weighted by Crippen LogP contribution is 2.19. The van der Waals surface area contributed by atoms with Gasteiger partial charge in [-0.2, -0.15) is 4.98 Å². The maximum Gasteiger partial charge on any atom is 0.258 e. The molecule has 0 saturated heterocycles. The summed E-state index contributed by atoms with van der Waals surface area (Å²) >= 11 is 0. The van der Waals surface area contributed by atoms with E-state index in [4.69, 9.17) is 0 Å². The minimum Gasteiger partial charge on any atom is -0.493 e. The maximum absolute atomic E-state index is 11.8. The first kappa shape index (κ1) is 12.3. The average Bonchev–Trinajstić information content (AvgIpc) is 2.46. The quantitative estimate of drug-likeness (QED) is 0.746. The predicted molar refractivity (Wildman–Crippen MR) is 76.6 cm³/mol. The summed E-state index contributed by atoms with van der Waals surface area (Å²) in [7, 11) is 0. The van der Waals surface area contributed by atoms with Crippen molar-refractivity contribution < 1.29 is 5.11 Å². The third-order valence-electron chi connectivity index (χ3n) is 3.19. The summed E-state index contributed by atoms with van der Waals surface area (Å²) in [5.74, 6) is 0.0386. The van der Waals surface area contributed by atoms with Gasteiger partial charge in [-0.1, -0.05) is 31.2 Å². The Bertz CT molecular complexity index is 840. The third kappa shape index (κ3) is 2.03. The van der Waals surface area contributed by atoms with Crippen LogP contribution in [0.2, 0.25) is 0 Å². The first-order valence-corrected chi connectivity index (χ1v) is 6.37. The van der Waals surface area contributed by atoms with Crippen molar-refractivity contribution in [3.05, 3.63) is 52.3 Å². The van der Waals surface area contributed by atoms with Gasteiger partial charge in [0.1, 0.15) is 5.69 Å². The number of pyridine rings is 1. The first-order valence-electron chi connectivity index (χ1n) is 6.37. The van der Waals surface area contributed by atoms with Crippen molar-refractivity contribution in [1.82, 2.24) is 15.0 Å². The number of H-pyrrole nitrogens is 1. The number of benzene rings is 1. The molecule has 0 spiro atoms. The summed E-state index contributed by atoms with van der Waals surface area (Å²) in [6, 6.07) is 11.4. The number of nitrogens with zero attached hydrogens (tertiary/aromatic N) is 2. The molecule has 0 atom stereocenters. The molecule has 5 nitrogen and oxygen atoms in total. The number of rotatable bonds is 2. The molecule has 0 radical (unpaired) electrons. The monoisotopic (exact) mass is 267 g/mol. The molecule has 3 rings (SSSR count). The van der Waals surface area contributed by atoms with E-state index in [0.29, 0.717) is 12.1 Å². The Morgan fingerprint density at radius 3 is 2.70 bits per heavy atom. The zero-order valence-corrected chi connectivity index (χ0v) is 10.9. The number of hydrogen-bond donors (Lipinski definition) is 2. The Labute approximate surface area is 115 Å². The zero-order chi connectivity index (χ0) is 14.1. The van der Waals surface area contributed by atoms with Crippen LogP contribution < -0.4 is 5.56 Å². The van der Waals surface area contributed by atoms with E-state index in [1.807, 2.05) is 30.3 Å². The van der Waals surface area contributed by atoms with E-state index in [1.54, 1.807) is 13.0 Å². The van der Waals surface area contributed by atoms with E-state index in [0.717, 1.165) is 10.9 Å². The lowest BCUT2D eigenvalue weighted by Gasteiger charge is -2.05. The molecular formula is C15H13N3O2. The molecule has 2 heterocycles. The lowest BCUT2D eigenvalue weighted by Crippen LogP contribution is -2.14. The van der Waals surface area contributed by atoms with Gasteiger partial charge in [0.25, 0.3) is 5.56 Å². The van der Waals surface area contributed by atoms with Crippen LogP contribution in [0.1, 0.15) is 12.5 Å². The molecule has 3 aromatic rings. The van der Waals surface area contributed by atoms with Gasteiger partial charge in [0.05, 0.1) is 11.1 Å². The largest absolute Gasteiger partial charge is 0.493 e. The number of nitrogens with one attached hydrogen (secondary N) is 1. The predicted octanol–water partition coefficient (Wildman–Crippen LogP) is 2.25. The van der Waals surface area contributed by atoms with Crippen molar-refractivity contribution >= 4 is 10.9 Å². The van der Waals surface area contributed by atoms with Crippen LogP contribution in [0.25, 0.3) is 22.4 Å². The highest BCUT2D eigenvalue weighted by atomic mass is 16.3. The minimum atomic E-state index is -0.329. The average molecular weight is 267 g/mol. The molecule has 5 heteroatoms. The van der Waals surface area contributed by atoms with Crippen LogP contribution in [0.4, 0.5) is 0 Å². The molecule has 0 aliphatic carbocycles. The molecule has 0 unspecified atom stereocenters. The molecule has 0 saturated carbocycles. The van der Waals surface area contributed by atoms with Gasteiger partial charge in [-0.15, -0.1) is 0 Å². The molecule has 2 aromatic heterocycles. The molecular weight excluding hydrogens is 254 g/mol. The Morgan fingerprint density at radius 2 is 1.95 bits per heavy atom. The zero-order valence-electron chi connectivity index (χ0n) is 10.9. The summed E-state index contributed by atoms with van der Waals surface area (Å²) in [4.78, 5) is 23.0. The second kappa shape index (κ2) is 4.77. The summed E-state index contributed by atoms with van der Waals surface area (Å²) in [5.41, 5.74) is 1.30. The molecule has 20 heavy (non-hydrogen) atoms. The van der Waals surface area contributed by atoms with E-state index in [1.165, 1.54) is 0 Å². The van der Waals surface area contributed by atoms with Crippen molar-refractivity contribution in [3.8, 4) is 17.4 Å². The van der Waals surface area contributed by atoms with E-state index < -0.39 is 0 Å². The number of para-hydroxylation sites is 1. The van der Waals surface area contributed by atoms with E-state index >= 15 is 0 Å². The minimum absolute atomic E-state index is 0.235. The van der Waals surface area contributed by atoms with Gasteiger partial charge in [0.2, 0.25) is 5.88 Å². The summed E-state index contributed by atoms with van der Waals surface area (Å²) in [6.45, 7) is 1.79. The van der Waals surface area contributed by atoms with Crippen molar-refractivity contribution in [1.29, 1.82) is 0 Å². The van der Waals surface area contributed by atoms with Crippen LogP contribution in [0.3, 0.4) is 0 Å². The van der Waals surface area contributed by atoms with Crippen LogP contribution in [0.15, 0.2) is 41.2 Å². The number of aromatic amines is 1. The topological polar surface area (TPSA) is 78.9 Å². The summed E-state index contributed by atoms with van der Waals surface area (Å²) < 4.78 is 0. The number of aromatic hydroxyl groups is 1. The van der Waals surface area contributed by atoms with E-state index in [2.05, 4.69) is 15.0 Å². The smallest absolute Gasteiger partial charge is 0.258 e. The van der Waals surface area contributed by atoms with Crippen LogP contribution in [0, 0.1) is 0 Å². The standard InChI is InChI=1S/C15H13N3O2/c1-2-10-14(19)17-13(18-15(10)20)12-8-7-9-5-3-4-6-11(9)16-12/h3-8H,2H2,1H3,(H2,17,18,19,20). The Morgan fingerprint density at radius 1 is 1.15 bits per heavy atom. The molecule has 1 aromatic carbocycles. The van der Waals surface area contributed by atoms with E-state index in [9.17, 15) is 9.90 Å². The van der Waals surface area contributed by atoms with Crippen LogP contribution in [-0.4, -0.2) is 20.1 Å². The molecule has 0 bridgehead atoms. The van der Waals surface area contributed by atoms with Crippen LogP contribution in [0.5, 0.6) is 5.88 Å². The van der Waals surface area contributed by atoms with Gasteiger partial charge in [-0.05, 0) is 18.6 Å². The van der Waals surface area contributed by atoms with Crippen molar-refractivity contribution in [2.75, 3.05) is 0 Å². The molecule has 2 N–H and O–H groups in total. The van der Waals surface area contributed by atoms with Gasteiger partial charge in [-0.3, -0.25) is 4.79 Å². The van der Waals surface area contributed by atoms with Gasteiger partial charge in [0, 0.05) is 5.39 Å². The SMILES string of the molecule is CCc1c(O)nc(-c2ccc3ccccc3n2)[nH]c1=O. The highest BCUT2D eigenvalue weighted by Gasteiger charge is 2.11. The summed E-state index contributed by atoms with van der Waals surface area (Å²) in [5, 5.41) is 10.8. The molecule has 0 aliphatic heterocycles. The normalized spacial score (nSPS) is 10.8. The van der Waals surface area contributed by atoms with Gasteiger partial charge in [0.15, 0.2) is 5.82 Å². The van der Waals surface area contributed by atoms with Crippen LogP contribution in [-0.2, 0) is 6.42 Å². The fourth-order valence-corrected chi connectivity index (χ4v) is 2.12. The number of fused-ring (bicyclic) bond motifs is 1. The van der Waals surface area contributed by atoms with Crippen molar-refractivity contribution in [2.45, 2.75) is 13.3 Å². The Kier molecular flexibility index (Phi) is 2.95. The maximum atomic E-state index is 11.8. The second-order valence-corrected chi connectivity index (χ2v) is 4.46. The molecule has 100 valence electrons.